The molecule has 4 heterocycles. The highest BCUT2D eigenvalue weighted by Gasteiger charge is 2.35. The van der Waals surface area contributed by atoms with Gasteiger partial charge in [-0.1, -0.05) is 23.7 Å². The minimum absolute atomic E-state index is 0.257. The van der Waals surface area contributed by atoms with Gasteiger partial charge in [-0.05, 0) is 30.2 Å². The van der Waals surface area contributed by atoms with Crippen LogP contribution in [0.25, 0.3) is 11.3 Å². The highest BCUT2D eigenvalue weighted by Crippen LogP contribution is 2.32. The fraction of sp³-hybridized carbons (Fsp3) is 0.269. The number of aliphatic hydroxyl groups excluding tert-OH is 1. The Morgan fingerprint density at radius 3 is 2.77 bits per heavy atom. The molecule has 5 rings (SSSR count). The van der Waals surface area contributed by atoms with Gasteiger partial charge in [-0.25, -0.2) is 15.0 Å². The standard InChI is InChI=1S/C26H26ClN9O4/c1-14(24(38)31-20(13-37)15-6-7-28-22(9-15)40-3)36-12-17-5-4-16(8-18(17)25(36)39)23-19(27)10-29-26(33-23)32-21-11-30-35(2)34-21/h4-11,14,20,37H,12-13H2,1-3H3,(H,31,38)(H,29,32,33,34)/t14-,20-/m1/s1. The molecule has 2 amide bonds. The van der Waals surface area contributed by atoms with Crippen LogP contribution in [0.3, 0.4) is 0 Å². The first-order valence-corrected chi connectivity index (χ1v) is 12.7. The van der Waals surface area contributed by atoms with E-state index in [1.165, 1.54) is 35.4 Å². The van der Waals surface area contributed by atoms with Crippen molar-refractivity contribution in [3.63, 3.8) is 0 Å². The van der Waals surface area contributed by atoms with Gasteiger partial charge < -0.3 is 25.4 Å². The number of pyridine rings is 1. The van der Waals surface area contributed by atoms with Gasteiger partial charge in [0.2, 0.25) is 17.7 Å². The maximum Gasteiger partial charge on any atom is 0.255 e. The van der Waals surface area contributed by atoms with Crippen LogP contribution in [0.15, 0.2) is 48.9 Å². The number of benzene rings is 1. The highest BCUT2D eigenvalue weighted by atomic mass is 35.5. The summed E-state index contributed by atoms with van der Waals surface area (Å²) >= 11 is 6.41. The normalized spacial score (nSPS) is 14.0. The molecule has 206 valence electrons. The predicted octanol–water partition coefficient (Wildman–Crippen LogP) is 2.27. The number of nitrogens with zero attached hydrogens (tertiary/aromatic N) is 7. The van der Waals surface area contributed by atoms with Crippen molar-refractivity contribution in [3.8, 4) is 17.1 Å². The smallest absolute Gasteiger partial charge is 0.255 e. The molecule has 13 nitrogen and oxygen atoms in total. The monoisotopic (exact) mass is 563 g/mol. The molecule has 3 aromatic heterocycles. The maximum absolute atomic E-state index is 13.4. The number of methoxy groups -OCH3 is 1. The Morgan fingerprint density at radius 1 is 1.23 bits per heavy atom. The predicted molar refractivity (Wildman–Crippen MR) is 145 cm³/mol. The minimum atomic E-state index is -0.799. The summed E-state index contributed by atoms with van der Waals surface area (Å²) in [6, 6.07) is 7.17. The number of hydrogen-bond donors (Lipinski definition) is 3. The zero-order valence-electron chi connectivity index (χ0n) is 21.9. The largest absolute Gasteiger partial charge is 0.481 e. The third-order valence-corrected chi connectivity index (χ3v) is 6.79. The zero-order valence-corrected chi connectivity index (χ0v) is 22.6. The Balaban J connectivity index is 1.32. The molecule has 0 unspecified atom stereocenters. The van der Waals surface area contributed by atoms with Gasteiger partial charge in [-0.3, -0.25) is 9.59 Å². The number of aromatic nitrogens is 6. The van der Waals surface area contributed by atoms with Crippen LogP contribution in [-0.4, -0.2) is 71.5 Å². The van der Waals surface area contributed by atoms with Crippen LogP contribution in [0, 0.1) is 0 Å². The lowest BCUT2D eigenvalue weighted by atomic mass is 10.0. The number of hydrogen-bond acceptors (Lipinski definition) is 10. The van der Waals surface area contributed by atoms with Crippen LogP contribution in [0.5, 0.6) is 5.88 Å². The van der Waals surface area contributed by atoms with Crippen molar-refractivity contribution in [3.05, 3.63) is 70.6 Å². The van der Waals surface area contributed by atoms with Gasteiger partial charge in [0.25, 0.3) is 5.91 Å². The van der Waals surface area contributed by atoms with Crippen LogP contribution < -0.4 is 15.4 Å². The van der Waals surface area contributed by atoms with E-state index in [-0.39, 0.29) is 25.0 Å². The molecular weight excluding hydrogens is 538 g/mol. The molecule has 1 aromatic carbocycles. The first kappa shape index (κ1) is 27.0. The number of nitrogens with one attached hydrogen (secondary N) is 2. The number of carbonyl (C=O) groups excluding carboxylic acids is 2. The Labute approximate surface area is 234 Å². The van der Waals surface area contributed by atoms with Crippen molar-refractivity contribution < 1.29 is 19.4 Å². The van der Waals surface area contributed by atoms with E-state index in [1.54, 1.807) is 32.2 Å². The third kappa shape index (κ3) is 5.42. The summed E-state index contributed by atoms with van der Waals surface area (Å²) in [5.41, 5.74) is 2.90. The van der Waals surface area contributed by atoms with Gasteiger partial charge in [-0.2, -0.15) is 9.90 Å². The minimum Gasteiger partial charge on any atom is -0.481 e. The Hall–Kier alpha value is -4.62. The molecule has 0 fully saturated rings. The SMILES string of the molecule is COc1cc([C@@H](CO)NC(=O)[C@@H](C)N2Cc3ccc(-c4nc(Nc5cnn(C)n5)ncc4Cl)cc3C2=O)ccn1. The summed E-state index contributed by atoms with van der Waals surface area (Å²) in [7, 11) is 3.18. The molecular formula is C26H26ClN9O4. The summed E-state index contributed by atoms with van der Waals surface area (Å²) in [6.07, 6.45) is 4.53. The van der Waals surface area contributed by atoms with Crippen LogP contribution in [0.2, 0.25) is 5.02 Å². The third-order valence-electron chi connectivity index (χ3n) is 6.52. The fourth-order valence-corrected chi connectivity index (χ4v) is 4.55. The summed E-state index contributed by atoms with van der Waals surface area (Å²) < 4.78 is 5.13. The van der Waals surface area contributed by atoms with Crippen LogP contribution in [0.4, 0.5) is 11.8 Å². The molecule has 0 spiro atoms. The van der Waals surface area contributed by atoms with Gasteiger partial charge in [0.05, 0.1) is 42.9 Å². The molecule has 0 radical (unpaired) electrons. The van der Waals surface area contributed by atoms with Gasteiger partial charge in [-0.15, -0.1) is 5.10 Å². The van der Waals surface area contributed by atoms with Crippen molar-refractivity contribution in [1.29, 1.82) is 0 Å². The van der Waals surface area contributed by atoms with Crippen LogP contribution in [-0.2, 0) is 18.4 Å². The molecule has 4 aromatic rings. The second-order valence-electron chi connectivity index (χ2n) is 9.09. The van der Waals surface area contributed by atoms with Crippen LogP contribution in [0.1, 0.15) is 34.5 Å². The van der Waals surface area contributed by atoms with E-state index in [2.05, 4.69) is 35.8 Å². The number of halogens is 1. The number of fused-ring (bicyclic) bond motifs is 1. The molecule has 2 atom stereocenters. The first-order chi connectivity index (χ1) is 19.3. The van der Waals surface area contributed by atoms with E-state index in [4.69, 9.17) is 16.3 Å². The molecule has 0 aliphatic carbocycles. The summed E-state index contributed by atoms with van der Waals surface area (Å²) in [6.45, 7) is 1.57. The molecule has 3 N–H and O–H groups in total. The van der Waals surface area contributed by atoms with Crippen molar-refractivity contribution in [2.24, 2.45) is 7.05 Å². The van der Waals surface area contributed by atoms with E-state index < -0.39 is 18.0 Å². The lowest BCUT2D eigenvalue weighted by Gasteiger charge is -2.26. The molecule has 0 bridgehead atoms. The maximum atomic E-state index is 13.4. The van der Waals surface area contributed by atoms with E-state index >= 15 is 0 Å². The number of amides is 2. The fourth-order valence-electron chi connectivity index (χ4n) is 4.35. The quantitative estimate of drug-likeness (QED) is 0.275. The molecule has 0 saturated heterocycles. The zero-order chi connectivity index (χ0) is 28.4. The molecule has 0 saturated carbocycles. The van der Waals surface area contributed by atoms with Gasteiger partial charge in [0.1, 0.15) is 6.04 Å². The van der Waals surface area contributed by atoms with Crippen molar-refractivity contribution in [1.82, 2.24) is 40.2 Å². The van der Waals surface area contributed by atoms with Crippen molar-refractivity contribution in [2.75, 3.05) is 19.0 Å². The number of aliphatic hydroxyl groups is 1. The second kappa shape index (κ2) is 11.2. The number of aryl methyl sites for hydroxylation is 1. The Kier molecular flexibility index (Phi) is 7.58. The van der Waals surface area contributed by atoms with Crippen molar-refractivity contribution >= 4 is 35.2 Å². The molecule has 40 heavy (non-hydrogen) atoms. The molecule has 1 aliphatic heterocycles. The van der Waals surface area contributed by atoms with Crippen LogP contribution >= 0.6 is 11.6 Å². The first-order valence-electron chi connectivity index (χ1n) is 12.3. The lowest BCUT2D eigenvalue weighted by Crippen LogP contribution is -2.46. The molecule has 1 aliphatic rings. The topological polar surface area (TPSA) is 160 Å². The summed E-state index contributed by atoms with van der Waals surface area (Å²) in [5, 5.41) is 24.2. The second-order valence-corrected chi connectivity index (χ2v) is 9.50. The average Bonchev–Trinajstić information content (AvgIpc) is 3.53. The van der Waals surface area contributed by atoms with Gasteiger partial charge >= 0.3 is 0 Å². The van der Waals surface area contributed by atoms with E-state index in [0.717, 1.165) is 5.56 Å². The van der Waals surface area contributed by atoms with Crippen molar-refractivity contribution in [2.45, 2.75) is 25.6 Å². The Morgan fingerprint density at radius 2 is 2.05 bits per heavy atom. The van der Waals surface area contributed by atoms with Gasteiger partial charge in [0.15, 0.2) is 5.82 Å². The van der Waals surface area contributed by atoms with Gasteiger partial charge in [0, 0.05) is 37.0 Å². The number of rotatable bonds is 9. The number of carbonyl (C=O) groups is 2. The Bertz CT molecular complexity index is 1580. The summed E-state index contributed by atoms with van der Waals surface area (Å²) in [5.74, 6) is 0.390. The number of anilines is 2. The summed E-state index contributed by atoms with van der Waals surface area (Å²) in [4.78, 5) is 42.2. The molecule has 14 heteroatoms. The highest BCUT2D eigenvalue weighted by molar-refractivity contribution is 6.33. The van der Waals surface area contributed by atoms with E-state index in [1.807, 2.05) is 12.1 Å². The lowest BCUT2D eigenvalue weighted by molar-refractivity contribution is -0.126. The van der Waals surface area contributed by atoms with E-state index in [0.29, 0.717) is 39.1 Å². The average molecular weight is 564 g/mol. The van der Waals surface area contributed by atoms with E-state index in [9.17, 15) is 14.7 Å². The number of ether oxygens (including phenoxy) is 1.